The van der Waals surface area contributed by atoms with Crippen molar-refractivity contribution in [1.29, 1.82) is 0 Å². The minimum absolute atomic E-state index is 0.291. The van der Waals surface area contributed by atoms with E-state index in [2.05, 4.69) is 25.5 Å². The van der Waals surface area contributed by atoms with Gasteiger partial charge in [-0.15, -0.1) is 0 Å². The SMILES string of the molecule is Nc1ncc(NC(=O)C(=O)N2CCCC[C@H]2c2cnco2)c2[nH]ncc12. The molecule has 3 aromatic rings. The molecule has 1 saturated heterocycles. The van der Waals surface area contributed by atoms with E-state index in [0.717, 1.165) is 19.3 Å². The molecule has 0 spiro atoms. The number of aromatic amines is 1. The lowest BCUT2D eigenvalue weighted by Crippen LogP contribution is -2.44. The smallest absolute Gasteiger partial charge is 0.314 e. The minimum atomic E-state index is -0.751. The number of anilines is 2. The molecule has 3 aromatic heterocycles. The molecule has 4 rings (SSSR count). The summed E-state index contributed by atoms with van der Waals surface area (Å²) in [6, 6.07) is -0.291. The van der Waals surface area contributed by atoms with Crippen LogP contribution in [0.3, 0.4) is 0 Å². The molecular formula is C16H17N7O3. The van der Waals surface area contributed by atoms with Gasteiger partial charge in [-0.05, 0) is 19.3 Å². The highest BCUT2D eigenvalue weighted by Gasteiger charge is 2.33. The fraction of sp³-hybridized carbons (Fsp3) is 0.312. The first-order valence-electron chi connectivity index (χ1n) is 8.23. The molecule has 0 unspecified atom stereocenters. The monoisotopic (exact) mass is 355 g/mol. The van der Waals surface area contributed by atoms with Crippen LogP contribution in [0.5, 0.6) is 0 Å². The molecular weight excluding hydrogens is 338 g/mol. The van der Waals surface area contributed by atoms with Gasteiger partial charge in [-0.25, -0.2) is 9.97 Å². The number of nitrogens with two attached hydrogens (primary N) is 1. The maximum Gasteiger partial charge on any atom is 0.314 e. The summed E-state index contributed by atoms with van der Waals surface area (Å²) in [5.74, 6) is -0.509. The zero-order valence-electron chi connectivity index (χ0n) is 13.8. The molecule has 4 N–H and O–H groups in total. The first-order chi connectivity index (χ1) is 12.6. The maximum atomic E-state index is 12.7. The standard InChI is InChI=1S/C16H17N7O3/c17-14-9-5-20-22-13(9)10(6-19-14)21-15(24)16(25)23-4-2-1-3-11(23)12-7-18-8-26-12/h5-8,11H,1-4H2,(H2,17,19)(H,20,22)(H,21,24)/t11-/m0/s1. The number of aromatic nitrogens is 4. The summed E-state index contributed by atoms with van der Waals surface area (Å²) in [5, 5.41) is 9.82. The van der Waals surface area contributed by atoms with Crippen molar-refractivity contribution in [3.63, 3.8) is 0 Å². The van der Waals surface area contributed by atoms with Gasteiger partial charge in [0.05, 0.1) is 41.2 Å². The van der Waals surface area contributed by atoms with Crippen LogP contribution in [0.15, 0.2) is 29.4 Å². The van der Waals surface area contributed by atoms with E-state index in [1.54, 1.807) is 6.20 Å². The number of nitrogens with zero attached hydrogens (tertiary/aromatic N) is 4. The number of nitrogen functional groups attached to an aromatic ring is 1. The highest BCUT2D eigenvalue weighted by molar-refractivity contribution is 6.40. The largest absolute Gasteiger partial charge is 0.446 e. The Hall–Kier alpha value is -3.43. The van der Waals surface area contributed by atoms with E-state index in [1.165, 1.54) is 23.7 Å². The van der Waals surface area contributed by atoms with Crippen molar-refractivity contribution in [2.75, 3.05) is 17.6 Å². The number of likely N-dealkylation sites (tertiary alicyclic amines) is 1. The van der Waals surface area contributed by atoms with Crippen LogP contribution in [-0.4, -0.2) is 43.4 Å². The summed E-state index contributed by atoms with van der Waals surface area (Å²) in [6.07, 6.45) is 8.31. The molecule has 1 fully saturated rings. The molecule has 26 heavy (non-hydrogen) atoms. The summed E-state index contributed by atoms with van der Waals surface area (Å²) < 4.78 is 5.34. The maximum absolute atomic E-state index is 12.7. The minimum Gasteiger partial charge on any atom is -0.446 e. The fourth-order valence-electron chi connectivity index (χ4n) is 3.22. The van der Waals surface area contributed by atoms with Crippen LogP contribution in [0.1, 0.15) is 31.1 Å². The van der Waals surface area contributed by atoms with E-state index < -0.39 is 11.8 Å². The topological polar surface area (TPSA) is 143 Å². The number of oxazole rings is 1. The molecule has 1 aliphatic rings. The van der Waals surface area contributed by atoms with Crippen LogP contribution in [0, 0.1) is 0 Å². The summed E-state index contributed by atoms with van der Waals surface area (Å²) in [7, 11) is 0. The van der Waals surface area contributed by atoms with Crippen LogP contribution in [0.2, 0.25) is 0 Å². The van der Waals surface area contributed by atoms with Crippen molar-refractivity contribution >= 4 is 34.2 Å². The zero-order valence-corrected chi connectivity index (χ0v) is 13.8. The van der Waals surface area contributed by atoms with Crippen molar-refractivity contribution < 1.29 is 14.0 Å². The van der Waals surface area contributed by atoms with E-state index in [9.17, 15) is 9.59 Å². The fourth-order valence-corrected chi connectivity index (χ4v) is 3.22. The summed E-state index contributed by atoms with van der Waals surface area (Å²) in [4.78, 5) is 34.7. The van der Waals surface area contributed by atoms with Gasteiger partial charge >= 0.3 is 11.8 Å². The molecule has 4 heterocycles. The lowest BCUT2D eigenvalue weighted by molar-refractivity contribution is -0.146. The number of hydrogen-bond donors (Lipinski definition) is 3. The third-order valence-electron chi connectivity index (χ3n) is 4.50. The predicted octanol–water partition coefficient (Wildman–Crippen LogP) is 1.22. The molecule has 0 saturated carbocycles. The number of piperidine rings is 1. The van der Waals surface area contributed by atoms with Gasteiger partial charge in [0.1, 0.15) is 11.6 Å². The van der Waals surface area contributed by atoms with Crippen LogP contribution in [-0.2, 0) is 9.59 Å². The molecule has 10 heteroatoms. The Morgan fingerprint density at radius 1 is 1.31 bits per heavy atom. The summed E-state index contributed by atoms with van der Waals surface area (Å²) in [6.45, 7) is 0.483. The number of nitrogens with one attached hydrogen (secondary N) is 2. The average Bonchev–Trinajstić information content (AvgIpc) is 3.35. The van der Waals surface area contributed by atoms with Gasteiger partial charge in [-0.2, -0.15) is 5.10 Å². The number of amides is 2. The van der Waals surface area contributed by atoms with Crippen molar-refractivity contribution in [3.05, 3.63) is 30.7 Å². The van der Waals surface area contributed by atoms with Gasteiger partial charge in [0.2, 0.25) is 0 Å². The van der Waals surface area contributed by atoms with Crippen molar-refractivity contribution in [1.82, 2.24) is 25.1 Å². The van der Waals surface area contributed by atoms with E-state index in [1.807, 2.05) is 0 Å². The van der Waals surface area contributed by atoms with E-state index in [4.69, 9.17) is 10.2 Å². The van der Waals surface area contributed by atoms with Crippen molar-refractivity contribution in [3.8, 4) is 0 Å². The van der Waals surface area contributed by atoms with Gasteiger partial charge in [0.15, 0.2) is 6.39 Å². The Bertz CT molecular complexity index is 950. The van der Waals surface area contributed by atoms with E-state index >= 15 is 0 Å². The Kier molecular flexibility index (Phi) is 3.99. The van der Waals surface area contributed by atoms with Crippen LogP contribution in [0.4, 0.5) is 11.5 Å². The van der Waals surface area contributed by atoms with Crippen molar-refractivity contribution in [2.45, 2.75) is 25.3 Å². The molecule has 0 radical (unpaired) electrons. The molecule has 1 atom stereocenters. The Balaban J connectivity index is 1.56. The highest BCUT2D eigenvalue weighted by atomic mass is 16.3. The number of pyridine rings is 1. The first kappa shape index (κ1) is 16.1. The molecule has 0 aliphatic carbocycles. The Morgan fingerprint density at radius 2 is 2.19 bits per heavy atom. The van der Waals surface area contributed by atoms with Crippen LogP contribution < -0.4 is 11.1 Å². The number of carbonyl (C=O) groups is 2. The second-order valence-electron chi connectivity index (χ2n) is 6.08. The van der Waals surface area contributed by atoms with Gasteiger partial charge in [0.25, 0.3) is 0 Å². The van der Waals surface area contributed by atoms with E-state index in [-0.39, 0.29) is 6.04 Å². The van der Waals surface area contributed by atoms with E-state index in [0.29, 0.717) is 34.7 Å². The number of fused-ring (bicyclic) bond motifs is 1. The van der Waals surface area contributed by atoms with Crippen LogP contribution in [0.25, 0.3) is 10.9 Å². The highest BCUT2D eigenvalue weighted by Crippen LogP contribution is 2.31. The lowest BCUT2D eigenvalue weighted by atomic mass is 10.00. The van der Waals surface area contributed by atoms with Crippen molar-refractivity contribution in [2.24, 2.45) is 0 Å². The Labute approximate surface area is 147 Å². The molecule has 0 aromatic carbocycles. The number of rotatable bonds is 2. The molecule has 0 bridgehead atoms. The third-order valence-corrected chi connectivity index (χ3v) is 4.50. The third kappa shape index (κ3) is 2.75. The normalized spacial score (nSPS) is 17.4. The van der Waals surface area contributed by atoms with Gasteiger partial charge in [-0.1, -0.05) is 0 Å². The molecule has 1 aliphatic heterocycles. The number of H-pyrrole nitrogens is 1. The summed E-state index contributed by atoms with van der Waals surface area (Å²) >= 11 is 0. The average molecular weight is 355 g/mol. The van der Waals surface area contributed by atoms with Gasteiger partial charge in [-0.3, -0.25) is 14.7 Å². The molecule has 2 amide bonds. The molecule has 134 valence electrons. The number of hydrogen-bond acceptors (Lipinski definition) is 7. The van der Waals surface area contributed by atoms with Crippen LogP contribution >= 0.6 is 0 Å². The van der Waals surface area contributed by atoms with Gasteiger partial charge < -0.3 is 20.4 Å². The second-order valence-corrected chi connectivity index (χ2v) is 6.08. The zero-order chi connectivity index (χ0) is 18.1. The lowest BCUT2D eigenvalue weighted by Gasteiger charge is -2.33. The Morgan fingerprint density at radius 3 is 3.00 bits per heavy atom. The number of carbonyl (C=O) groups excluding carboxylic acids is 2. The quantitative estimate of drug-likeness (QED) is 0.586. The molecule has 10 nitrogen and oxygen atoms in total. The predicted molar refractivity (Wildman–Crippen MR) is 91.7 cm³/mol. The summed E-state index contributed by atoms with van der Waals surface area (Å²) in [5.41, 5.74) is 6.64. The first-order valence-corrected chi connectivity index (χ1v) is 8.23. The second kappa shape index (κ2) is 6.47. The van der Waals surface area contributed by atoms with Gasteiger partial charge in [0, 0.05) is 6.54 Å².